The average Bonchev–Trinajstić information content (AvgIpc) is 2.69. The third kappa shape index (κ3) is 6.16. The van der Waals surface area contributed by atoms with Crippen LogP contribution in [-0.2, 0) is 0 Å². The number of rotatable bonds is 10. The van der Waals surface area contributed by atoms with Gasteiger partial charge >= 0.3 is 11.9 Å². The van der Waals surface area contributed by atoms with Crippen molar-refractivity contribution < 1.29 is 19.8 Å². The minimum atomic E-state index is -1.06. The summed E-state index contributed by atoms with van der Waals surface area (Å²) < 4.78 is 0. The van der Waals surface area contributed by atoms with Crippen LogP contribution in [0.4, 0.5) is 11.4 Å². The standard InChI is InChI=1S/C18H20N6O4/c1-24(23-21-16-10-5-3-8-14(16)18(27)28)12-6-11-19-22-20-15-9-4-2-7-13(15)17(25)26/h2-5,7-10H,6,11-12H2,1H3,(H,19,20)(H,25,26)(H,27,28)/b23-21+. The second-order valence-electron chi connectivity index (χ2n) is 5.68. The minimum absolute atomic E-state index is 0.0786. The lowest BCUT2D eigenvalue weighted by molar-refractivity contribution is 0.0686. The highest BCUT2D eigenvalue weighted by Gasteiger charge is 2.09. The highest BCUT2D eigenvalue weighted by molar-refractivity contribution is 5.93. The van der Waals surface area contributed by atoms with E-state index in [0.29, 0.717) is 19.5 Å². The van der Waals surface area contributed by atoms with Gasteiger partial charge in [0.15, 0.2) is 0 Å². The Labute approximate surface area is 161 Å². The summed E-state index contributed by atoms with van der Waals surface area (Å²) in [7, 11) is 1.72. The molecular formula is C18H20N6O4. The minimum Gasteiger partial charge on any atom is -0.478 e. The second kappa shape index (κ2) is 10.4. The molecule has 3 N–H and O–H groups in total. The SMILES string of the molecule is CN(CCCN/N=N/c1ccccc1C(=O)O)/N=N/c1ccccc1C(=O)O. The van der Waals surface area contributed by atoms with Crippen LogP contribution in [0.3, 0.4) is 0 Å². The Morgan fingerprint density at radius 1 is 0.929 bits per heavy atom. The van der Waals surface area contributed by atoms with E-state index in [1.54, 1.807) is 48.5 Å². The van der Waals surface area contributed by atoms with Crippen molar-refractivity contribution in [3.63, 3.8) is 0 Å². The molecule has 0 saturated heterocycles. The van der Waals surface area contributed by atoms with Crippen molar-refractivity contribution in [3.05, 3.63) is 59.7 Å². The highest BCUT2D eigenvalue weighted by atomic mass is 16.4. The normalized spacial score (nSPS) is 11.0. The van der Waals surface area contributed by atoms with Gasteiger partial charge in [-0.3, -0.25) is 10.4 Å². The fourth-order valence-corrected chi connectivity index (χ4v) is 2.18. The highest BCUT2D eigenvalue weighted by Crippen LogP contribution is 2.19. The molecule has 0 aromatic heterocycles. The number of nitrogens with one attached hydrogen (secondary N) is 1. The first-order valence-electron chi connectivity index (χ1n) is 8.40. The summed E-state index contributed by atoms with van der Waals surface area (Å²) in [6.07, 6.45) is 0.662. The molecule has 0 amide bonds. The molecule has 146 valence electrons. The first-order chi connectivity index (χ1) is 13.5. The lowest BCUT2D eigenvalue weighted by atomic mass is 10.2. The van der Waals surface area contributed by atoms with Crippen LogP contribution in [0.2, 0.25) is 0 Å². The molecule has 10 nitrogen and oxygen atoms in total. The van der Waals surface area contributed by atoms with Gasteiger partial charge in [0.25, 0.3) is 0 Å². The molecule has 0 heterocycles. The van der Waals surface area contributed by atoms with Crippen LogP contribution in [0, 0.1) is 0 Å². The smallest absolute Gasteiger partial charge is 0.337 e. The molecule has 0 unspecified atom stereocenters. The van der Waals surface area contributed by atoms with Gasteiger partial charge in [0.1, 0.15) is 11.4 Å². The van der Waals surface area contributed by atoms with E-state index >= 15 is 0 Å². The molecular weight excluding hydrogens is 364 g/mol. The van der Waals surface area contributed by atoms with Crippen molar-refractivity contribution in [3.8, 4) is 0 Å². The maximum absolute atomic E-state index is 11.1. The van der Waals surface area contributed by atoms with Gasteiger partial charge in [0, 0.05) is 20.1 Å². The van der Waals surface area contributed by atoms with Gasteiger partial charge in [0.05, 0.1) is 11.1 Å². The lowest BCUT2D eigenvalue weighted by Gasteiger charge is -2.10. The van der Waals surface area contributed by atoms with E-state index in [0.717, 1.165) is 0 Å². The Hall–Kier alpha value is -3.82. The number of carboxylic acid groups (broad SMARTS) is 2. The fraction of sp³-hybridized carbons (Fsp3) is 0.222. The van der Waals surface area contributed by atoms with Gasteiger partial charge < -0.3 is 10.2 Å². The summed E-state index contributed by atoms with van der Waals surface area (Å²) in [5, 5.41) is 35.3. The van der Waals surface area contributed by atoms with E-state index in [-0.39, 0.29) is 22.5 Å². The van der Waals surface area contributed by atoms with Crippen molar-refractivity contribution in [2.45, 2.75) is 6.42 Å². The first-order valence-corrected chi connectivity index (χ1v) is 8.40. The van der Waals surface area contributed by atoms with Gasteiger partial charge in [-0.05, 0) is 30.7 Å². The first kappa shape index (κ1) is 20.5. The number of carbonyl (C=O) groups is 2. The van der Waals surface area contributed by atoms with E-state index in [4.69, 9.17) is 10.2 Å². The number of nitrogens with zero attached hydrogens (tertiary/aromatic N) is 5. The van der Waals surface area contributed by atoms with Gasteiger partial charge in [-0.1, -0.05) is 34.7 Å². The average molecular weight is 384 g/mol. The molecule has 0 aliphatic carbocycles. The molecule has 0 aliphatic rings. The van der Waals surface area contributed by atoms with Crippen LogP contribution in [0.5, 0.6) is 0 Å². The molecule has 0 bridgehead atoms. The molecule has 0 atom stereocenters. The third-order valence-corrected chi connectivity index (χ3v) is 3.57. The maximum Gasteiger partial charge on any atom is 0.337 e. The zero-order valence-corrected chi connectivity index (χ0v) is 15.2. The van der Waals surface area contributed by atoms with Gasteiger partial charge in [-0.15, -0.1) is 10.2 Å². The molecule has 0 fully saturated rings. The van der Waals surface area contributed by atoms with Crippen LogP contribution in [0.1, 0.15) is 27.1 Å². The van der Waals surface area contributed by atoms with Gasteiger partial charge in [0.2, 0.25) is 0 Å². The summed E-state index contributed by atoms with van der Waals surface area (Å²) in [4.78, 5) is 22.2. The van der Waals surface area contributed by atoms with Crippen LogP contribution in [0.15, 0.2) is 69.2 Å². The molecule has 10 heteroatoms. The van der Waals surface area contributed by atoms with Crippen LogP contribution in [0.25, 0.3) is 0 Å². The molecule has 0 aliphatic heterocycles. The number of carboxylic acids is 2. The summed E-state index contributed by atoms with van der Waals surface area (Å²) in [6, 6.07) is 12.7. The largest absolute Gasteiger partial charge is 0.478 e. The van der Waals surface area contributed by atoms with E-state index in [2.05, 4.69) is 26.1 Å². The van der Waals surface area contributed by atoms with E-state index in [1.165, 1.54) is 12.1 Å². The van der Waals surface area contributed by atoms with Crippen molar-refractivity contribution in [1.29, 1.82) is 0 Å². The van der Waals surface area contributed by atoms with E-state index in [1.807, 2.05) is 0 Å². The summed E-state index contributed by atoms with van der Waals surface area (Å²) >= 11 is 0. The second-order valence-corrected chi connectivity index (χ2v) is 5.68. The van der Waals surface area contributed by atoms with E-state index in [9.17, 15) is 9.59 Å². The number of benzene rings is 2. The Bertz CT molecular complexity index is 884. The fourth-order valence-electron chi connectivity index (χ4n) is 2.18. The number of hydrogen-bond acceptors (Lipinski definition) is 6. The van der Waals surface area contributed by atoms with Crippen molar-refractivity contribution in [2.24, 2.45) is 20.7 Å². The van der Waals surface area contributed by atoms with Crippen LogP contribution in [-0.4, -0.2) is 47.3 Å². The topological polar surface area (TPSA) is 139 Å². The molecule has 28 heavy (non-hydrogen) atoms. The summed E-state index contributed by atoms with van der Waals surface area (Å²) in [6.45, 7) is 1.04. The molecule has 2 rings (SSSR count). The quantitative estimate of drug-likeness (QED) is 0.324. The van der Waals surface area contributed by atoms with Crippen LogP contribution >= 0.6 is 0 Å². The maximum atomic E-state index is 11.1. The molecule has 2 aromatic carbocycles. The molecule has 0 saturated carbocycles. The van der Waals surface area contributed by atoms with Crippen molar-refractivity contribution >= 4 is 23.3 Å². The monoisotopic (exact) mass is 384 g/mol. The Morgan fingerprint density at radius 2 is 1.46 bits per heavy atom. The summed E-state index contributed by atoms with van der Waals surface area (Å²) in [5.74, 6) is -2.12. The van der Waals surface area contributed by atoms with Crippen molar-refractivity contribution in [2.75, 3.05) is 20.1 Å². The van der Waals surface area contributed by atoms with Crippen molar-refractivity contribution in [1.82, 2.24) is 10.4 Å². The van der Waals surface area contributed by atoms with E-state index < -0.39 is 11.9 Å². The zero-order chi connectivity index (χ0) is 20.4. The number of aromatic carboxylic acids is 2. The lowest BCUT2D eigenvalue weighted by Crippen LogP contribution is -2.17. The molecule has 2 aromatic rings. The molecule has 0 spiro atoms. The predicted molar refractivity (Wildman–Crippen MR) is 101 cm³/mol. The van der Waals surface area contributed by atoms with Gasteiger partial charge in [-0.25, -0.2) is 9.59 Å². The summed E-state index contributed by atoms with van der Waals surface area (Å²) in [5.41, 5.74) is 3.46. The molecule has 0 radical (unpaired) electrons. The Kier molecular flexibility index (Phi) is 7.58. The third-order valence-electron chi connectivity index (χ3n) is 3.57. The Morgan fingerprint density at radius 3 is 2.04 bits per heavy atom. The van der Waals surface area contributed by atoms with Crippen LogP contribution < -0.4 is 5.43 Å². The predicted octanol–water partition coefficient (Wildman–Crippen LogP) is 3.69. The Balaban J connectivity index is 1.77. The zero-order valence-electron chi connectivity index (χ0n) is 15.2. The van der Waals surface area contributed by atoms with Gasteiger partial charge in [-0.2, -0.15) is 0 Å². The number of hydrogen-bond donors (Lipinski definition) is 3.